The maximum Gasteiger partial charge on any atom is 0.146 e. The molecule has 2 aliphatic rings. The number of fused-ring (bicyclic) bond motifs is 1. The number of nitrogens with zero attached hydrogens (tertiary/aromatic N) is 1. The highest BCUT2D eigenvalue weighted by Gasteiger charge is 2.33. The zero-order chi connectivity index (χ0) is 19.6. The maximum atomic E-state index is 6.57. The minimum atomic E-state index is 0.236. The van der Waals surface area contributed by atoms with Crippen molar-refractivity contribution < 1.29 is 4.74 Å². The molecule has 3 heterocycles. The van der Waals surface area contributed by atoms with Gasteiger partial charge in [-0.05, 0) is 55.9 Å². The van der Waals surface area contributed by atoms with Crippen LogP contribution in [0.25, 0.3) is 5.76 Å². The molecule has 0 spiro atoms. The second-order valence-electron chi connectivity index (χ2n) is 8.15. The van der Waals surface area contributed by atoms with Crippen molar-refractivity contribution in [3.63, 3.8) is 0 Å². The SMILES string of the molecule is Cc1ccc(C2C(CN3CCCCC3)=C(c3cccs3)Oc3ccccc32)cc1. The lowest BCUT2D eigenvalue weighted by Crippen LogP contribution is -2.34. The molecule has 1 unspecified atom stereocenters. The number of benzene rings is 2. The van der Waals surface area contributed by atoms with Crippen LogP contribution in [-0.2, 0) is 0 Å². The van der Waals surface area contributed by atoms with Crippen LogP contribution < -0.4 is 4.74 Å². The van der Waals surface area contributed by atoms with E-state index in [9.17, 15) is 0 Å². The summed E-state index contributed by atoms with van der Waals surface area (Å²) in [5, 5.41) is 2.14. The minimum absolute atomic E-state index is 0.236. The highest BCUT2D eigenvalue weighted by Crippen LogP contribution is 2.46. The summed E-state index contributed by atoms with van der Waals surface area (Å²) in [6, 6.07) is 21.9. The summed E-state index contributed by atoms with van der Waals surface area (Å²) in [4.78, 5) is 3.84. The standard InChI is InChI=1S/C26H27NOS/c1-19-11-13-20(14-12-19)25-21-8-3-4-9-23(21)28-26(24-10-7-17-29-24)22(25)18-27-15-5-2-6-16-27/h3-4,7-14,17,25H,2,5-6,15-16,18H2,1H3. The second kappa shape index (κ2) is 8.17. The van der Waals surface area contributed by atoms with Crippen molar-refractivity contribution in [3.05, 3.63) is 93.2 Å². The predicted molar refractivity (Wildman–Crippen MR) is 122 cm³/mol. The summed E-state index contributed by atoms with van der Waals surface area (Å²) >= 11 is 1.77. The Hall–Kier alpha value is -2.36. The fourth-order valence-electron chi connectivity index (χ4n) is 4.58. The van der Waals surface area contributed by atoms with Gasteiger partial charge in [-0.25, -0.2) is 0 Å². The van der Waals surface area contributed by atoms with Crippen molar-refractivity contribution >= 4 is 17.1 Å². The molecule has 2 aromatic carbocycles. The van der Waals surface area contributed by atoms with Gasteiger partial charge in [0.1, 0.15) is 11.5 Å². The Bertz CT molecular complexity index is 997. The van der Waals surface area contributed by atoms with Crippen LogP contribution in [0.3, 0.4) is 0 Å². The summed E-state index contributed by atoms with van der Waals surface area (Å²) < 4.78 is 6.57. The van der Waals surface area contributed by atoms with Crippen molar-refractivity contribution in [3.8, 4) is 5.75 Å². The number of ether oxygens (including phenoxy) is 1. The van der Waals surface area contributed by atoms with E-state index in [1.165, 1.54) is 59.5 Å². The smallest absolute Gasteiger partial charge is 0.146 e. The van der Waals surface area contributed by atoms with Crippen LogP contribution in [0, 0.1) is 6.92 Å². The van der Waals surface area contributed by atoms with Crippen LogP contribution in [-0.4, -0.2) is 24.5 Å². The molecule has 1 atom stereocenters. The Kier molecular flexibility index (Phi) is 5.26. The minimum Gasteiger partial charge on any atom is -0.456 e. The second-order valence-corrected chi connectivity index (χ2v) is 9.10. The monoisotopic (exact) mass is 401 g/mol. The Balaban J connectivity index is 1.66. The van der Waals surface area contributed by atoms with E-state index >= 15 is 0 Å². The van der Waals surface area contributed by atoms with Crippen LogP contribution in [0.1, 0.15) is 46.7 Å². The van der Waals surface area contributed by atoms with Crippen molar-refractivity contribution in [2.75, 3.05) is 19.6 Å². The van der Waals surface area contributed by atoms with Crippen LogP contribution in [0.15, 0.2) is 71.6 Å². The van der Waals surface area contributed by atoms with Gasteiger partial charge in [0.05, 0.1) is 4.88 Å². The summed E-state index contributed by atoms with van der Waals surface area (Å²) in [7, 11) is 0. The average Bonchev–Trinajstić information content (AvgIpc) is 3.30. The third kappa shape index (κ3) is 3.77. The molecule has 1 fully saturated rings. The van der Waals surface area contributed by atoms with Crippen molar-refractivity contribution in [2.45, 2.75) is 32.1 Å². The van der Waals surface area contributed by atoms with E-state index in [-0.39, 0.29) is 5.92 Å². The first-order valence-corrected chi connectivity index (χ1v) is 11.5. The van der Waals surface area contributed by atoms with Crippen molar-refractivity contribution in [2.24, 2.45) is 0 Å². The van der Waals surface area contributed by atoms with Gasteiger partial charge in [-0.2, -0.15) is 0 Å². The largest absolute Gasteiger partial charge is 0.456 e. The molecule has 0 saturated carbocycles. The summed E-state index contributed by atoms with van der Waals surface area (Å²) in [6.07, 6.45) is 3.95. The first-order chi connectivity index (χ1) is 14.3. The van der Waals surface area contributed by atoms with Crippen LogP contribution in [0.2, 0.25) is 0 Å². The van der Waals surface area contributed by atoms with E-state index < -0.39 is 0 Å². The third-order valence-corrected chi connectivity index (χ3v) is 6.95. The number of hydrogen-bond donors (Lipinski definition) is 0. The molecule has 3 aromatic rings. The van der Waals surface area contributed by atoms with Gasteiger partial charge in [-0.15, -0.1) is 11.3 Å². The molecular weight excluding hydrogens is 374 g/mol. The predicted octanol–water partition coefficient (Wildman–Crippen LogP) is 6.48. The van der Waals surface area contributed by atoms with Gasteiger partial charge >= 0.3 is 0 Å². The summed E-state index contributed by atoms with van der Waals surface area (Å²) in [5.41, 5.74) is 5.34. The van der Waals surface area contributed by atoms with Gasteiger partial charge in [0, 0.05) is 23.6 Å². The van der Waals surface area contributed by atoms with Gasteiger partial charge in [-0.3, -0.25) is 4.90 Å². The third-order valence-electron chi connectivity index (χ3n) is 6.08. The van der Waals surface area contributed by atoms with Crippen molar-refractivity contribution in [1.29, 1.82) is 0 Å². The van der Waals surface area contributed by atoms with E-state index in [4.69, 9.17) is 4.74 Å². The highest BCUT2D eigenvalue weighted by atomic mass is 32.1. The zero-order valence-corrected chi connectivity index (χ0v) is 17.8. The number of piperidine rings is 1. The Labute approximate surface area is 177 Å². The van der Waals surface area contributed by atoms with Gasteiger partial charge in [0.2, 0.25) is 0 Å². The van der Waals surface area contributed by atoms with Gasteiger partial charge in [0.15, 0.2) is 0 Å². The van der Waals surface area contributed by atoms with Gasteiger partial charge < -0.3 is 4.74 Å². The molecule has 3 heteroatoms. The average molecular weight is 402 g/mol. The lowest BCUT2D eigenvalue weighted by Gasteiger charge is -2.35. The topological polar surface area (TPSA) is 12.5 Å². The quantitative estimate of drug-likeness (QED) is 0.496. The molecule has 0 bridgehead atoms. The molecule has 0 aliphatic carbocycles. The lowest BCUT2D eigenvalue weighted by molar-refractivity contribution is 0.242. The number of thiophene rings is 1. The molecular formula is C26H27NOS. The Morgan fingerprint density at radius 2 is 1.72 bits per heavy atom. The molecule has 0 radical (unpaired) electrons. The molecule has 0 amide bonds. The molecule has 0 N–H and O–H groups in total. The van der Waals surface area contributed by atoms with E-state index in [0.29, 0.717) is 0 Å². The summed E-state index contributed by atoms with van der Waals surface area (Å²) in [6.45, 7) is 5.50. The van der Waals surface area contributed by atoms with Crippen LogP contribution >= 0.6 is 11.3 Å². The molecule has 5 rings (SSSR count). The fourth-order valence-corrected chi connectivity index (χ4v) is 5.32. The Morgan fingerprint density at radius 3 is 2.48 bits per heavy atom. The number of rotatable bonds is 4. The zero-order valence-electron chi connectivity index (χ0n) is 16.9. The van der Waals surface area contributed by atoms with Crippen LogP contribution in [0.5, 0.6) is 5.75 Å². The lowest BCUT2D eigenvalue weighted by atomic mass is 9.81. The summed E-state index contributed by atoms with van der Waals surface area (Å²) in [5.74, 6) is 2.29. The first kappa shape index (κ1) is 18.7. The maximum absolute atomic E-state index is 6.57. The number of para-hydroxylation sites is 1. The highest BCUT2D eigenvalue weighted by molar-refractivity contribution is 7.11. The molecule has 2 aliphatic heterocycles. The van der Waals surface area contributed by atoms with E-state index in [0.717, 1.165) is 18.1 Å². The number of hydrogen-bond acceptors (Lipinski definition) is 3. The fraction of sp³-hybridized carbons (Fsp3) is 0.308. The number of aryl methyl sites for hydroxylation is 1. The first-order valence-electron chi connectivity index (χ1n) is 10.6. The van der Waals surface area contributed by atoms with E-state index in [1.807, 2.05) is 0 Å². The molecule has 29 heavy (non-hydrogen) atoms. The van der Waals surface area contributed by atoms with Gasteiger partial charge in [-0.1, -0.05) is 60.5 Å². The van der Waals surface area contributed by atoms with E-state index in [2.05, 4.69) is 77.9 Å². The molecule has 2 nitrogen and oxygen atoms in total. The van der Waals surface area contributed by atoms with Crippen molar-refractivity contribution in [1.82, 2.24) is 4.90 Å². The van der Waals surface area contributed by atoms with Crippen LogP contribution in [0.4, 0.5) is 0 Å². The molecule has 1 saturated heterocycles. The van der Waals surface area contributed by atoms with Gasteiger partial charge in [0.25, 0.3) is 0 Å². The Morgan fingerprint density at radius 1 is 0.931 bits per heavy atom. The molecule has 148 valence electrons. The van der Waals surface area contributed by atoms with E-state index in [1.54, 1.807) is 11.3 Å². The molecule has 1 aromatic heterocycles. The normalized spacial score (nSPS) is 19.7. The number of likely N-dealkylation sites (tertiary alicyclic amines) is 1.